The number of ether oxygens (including phenoxy) is 6. The second-order valence-corrected chi connectivity index (χ2v) is 13.1. The summed E-state index contributed by atoms with van der Waals surface area (Å²) in [6.45, 7) is 17.8. The molecule has 0 amide bonds. The highest BCUT2D eigenvalue weighted by molar-refractivity contribution is 5.76. The van der Waals surface area contributed by atoms with Gasteiger partial charge in [-0.1, -0.05) is 36.4 Å². The topological polar surface area (TPSA) is 185 Å². The molecular formula is C42H63N3O9. The lowest BCUT2D eigenvalue weighted by Gasteiger charge is -2.19. The molecule has 3 rings (SSSR count). The molecule has 0 aliphatic heterocycles. The van der Waals surface area contributed by atoms with E-state index in [1.807, 2.05) is 114 Å². The summed E-state index contributed by atoms with van der Waals surface area (Å²) in [4.78, 5) is 35.3. The maximum absolute atomic E-state index is 11.8. The lowest BCUT2D eigenvalue weighted by atomic mass is 10.1. The van der Waals surface area contributed by atoms with Crippen LogP contribution in [0, 0.1) is 0 Å². The lowest BCUT2D eigenvalue weighted by Crippen LogP contribution is -2.31. The molecule has 300 valence electrons. The maximum Gasteiger partial charge on any atom is 0.335 e. The molecule has 0 bridgehead atoms. The molecule has 12 heteroatoms. The third-order valence-corrected chi connectivity index (χ3v) is 7.16. The summed E-state index contributed by atoms with van der Waals surface area (Å²) < 4.78 is 31.8. The van der Waals surface area contributed by atoms with Crippen molar-refractivity contribution in [3.05, 3.63) is 89.5 Å². The lowest BCUT2D eigenvalue weighted by molar-refractivity contribution is -0.160. The van der Waals surface area contributed by atoms with Crippen LogP contribution < -0.4 is 17.2 Å². The Labute approximate surface area is 322 Å². The molecule has 0 radical (unpaired) electrons. The monoisotopic (exact) mass is 753 g/mol. The number of hydrogen-bond acceptors (Lipinski definition) is 12. The van der Waals surface area contributed by atoms with Crippen LogP contribution in [0.2, 0.25) is 0 Å². The fourth-order valence-electron chi connectivity index (χ4n) is 4.86. The van der Waals surface area contributed by atoms with Gasteiger partial charge in [-0.2, -0.15) is 0 Å². The van der Waals surface area contributed by atoms with Crippen molar-refractivity contribution in [3.8, 4) is 0 Å². The SMILES string of the molecule is CCOC(=O)C(Cc1ccc(N)cc1)OC(C)C.CCOC(=O)C(Cc1ccc(N)cc1)OC(C)C.CCOC(=O)C(Cc1ccc(N)cc1)OC(C)C. The minimum Gasteiger partial charge on any atom is -0.464 e. The van der Waals surface area contributed by atoms with Gasteiger partial charge >= 0.3 is 17.9 Å². The van der Waals surface area contributed by atoms with E-state index in [2.05, 4.69) is 0 Å². The largest absolute Gasteiger partial charge is 0.464 e. The Balaban J connectivity index is 0.000000405. The molecule has 0 aliphatic carbocycles. The van der Waals surface area contributed by atoms with Crippen LogP contribution in [0.25, 0.3) is 0 Å². The van der Waals surface area contributed by atoms with Crippen molar-refractivity contribution in [2.75, 3.05) is 37.0 Å². The predicted octanol–water partition coefficient (Wildman–Crippen LogP) is 6.50. The summed E-state index contributed by atoms with van der Waals surface area (Å²) >= 11 is 0. The average Bonchev–Trinajstić information content (AvgIpc) is 3.10. The fourth-order valence-corrected chi connectivity index (χ4v) is 4.86. The molecular weight excluding hydrogens is 690 g/mol. The normalized spacial score (nSPS) is 12.4. The van der Waals surface area contributed by atoms with Crippen LogP contribution in [0.1, 0.15) is 79.0 Å². The second kappa shape index (κ2) is 26.2. The van der Waals surface area contributed by atoms with Crippen LogP contribution in [0.15, 0.2) is 72.8 Å². The Bertz CT molecular complexity index is 1300. The van der Waals surface area contributed by atoms with Crippen molar-refractivity contribution < 1.29 is 42.8 Å². The first-order valence-corrected chi connectivity index (χ1v) is 18.6. The van der Waals surface area contributed by atoms with Crippen molar-refractivity contribution in [3.63, 3.8) is 0 Å². The van der Waals surface area contributed by atoms with E-state index in [0.717, 1.165) is 16.7 Å². The Kier molecular flexibility index (Phi) is 23.0. The molecule has 54 heavy (non-hydrogen) atoms. The molecule has 3 atom stereocenters. The summed E-state index contributed by atoms with van der Waals surface area (Å²) in [6.07, 6.45) is -0.253. The molecule has 3 aromatic rings. The second-order valence-electron chi connectivity index (χ2n) is 13.1. The van der Waals surface area contributed by atoms with Gasteiger partial charge < -0.3 is 45.6 Å². The van der Waals surface area contributed by atoms with Gasteiger partial charge in [0, 0.05) is 36.3 Å². The maximum atomic E-state index is 11.8. The first kappa shape index (κ1) is 47.4. The molecule has 0 aliphatic rings. The van der Waals surface area contributed by atoms with Crippen molar-refractivity contribution in [1.29, 1.82) is 0 Å². The Morgan fingerprint density at radius 2 is 0.630 bits per heavy atom. The third kappa shape index (κ3) is 20.6. The number of rotatable bonds is 18. The van der Waals surface area contributed by atoms with Gasteiger partial charge in [0.2, 0.25) is 0 Å². The molecule has 3 unspecified atom stereocenters. The van der Waals surface area contributed by atoms with Gasteiger partial charge in [-0.05, 0) is 115 Å². The summed E-state index contributed by atoms with van der Waals surface area (Å²) in [6, 6.07) is 22.2. The molecule has 6 N–H and O–H groups in total. The highest BCUT2D eigenvalue weighted by Gasteiger charge is 2.24. The molecule has 0 heterocycles. The first-order valence-electron chi connectivity index (χ1n) is 18.6. The molecule has 0 fully saturated rings. The van der Waals surface area contributed by atoms with Crippen molar-refractivity contribution in [1.82, 2.24) is 0 Å². The molecule has 0 spiro atoms. The number of carbonyl (C=O) groups excluding carboxylic acids is 3. The van der Waals surface area contributed by atoms with E-state index in [-0.39, 0.29) is 36.2 Å². The number of esters is 3. The number of benzene rings is 3. The minimum atomic E-state index is -0.562. The van der Waals surface area contributed by atoms with Crippen LogP contribution in [-0.2, 0) is 62.1 Å². The van der Waals surface area contributed by atoms with Gasteiger partial charge in [-0.15, -0.1) is 0 Å². The van der Waals surface area contributed by atoms with E-state index in [0.29, 0.717) is 56.1 Å². The predicted molar refractivity (Wildman–Crippen MR) is 214 cm³/mol. The summed E-state index contributed by atoms with van der Waals surface area (Å²) in [5.41, 5.74) is 22.0. The van der Waals surface area contributed by atoms with Gasteiger partial charge in [0.25, 0.3) is 0 Å². The van der Waals surface area contributed by atoms with E-state index in [4.69, 9.17) is 45.6 Å². The highest BCUT2D eigenvalue weighted by atomic mass is 16.6. The van der Waals surface area contributed by atoms with E-state index >= 15 is 0 Å². The number of nitrogens with two attached hydrogens (primary N) is 3. The average molecular weight is 754 g/mol. The van der Waals surface area contributed by atoms with Gasteiger partial charge in [-0.3, -0.25) is 0 Å². The van der Waals surface area contributed by atoms with Crippen molar-refractivity contribution in [2.24, 2.45) is 0 Å². The molecule has 0 saturated heterocycles. The number of nitrogen functional groups attached to an aromatic ring is 3. The van der Waals surface area contributed by atoms with Gasteiger partial charge in [0.05, 0.1) is 38.1 Å². The molecule has 0 saturated carbocycles. The number of anilines is 3. The van der Waals surface area contributed by atoms with Gasteiger partial charge in [-0.25, -0.2) is 14.4 Å². The van der Waals surface area contributed by atoms with Crippen LogP contribution in [0.5, 0.6) is 0 Å². The van der Waals surface area contributed by atoms with Crippen LogP contribution >= 0.6 is 0 Å². The summed E-state index contributed by atoms with van der Waals surface area (Å²) in [5.74, 6) is -0.950. The standard InChI is InChI=1S/3C14H21NO3/c3*1-4-17-14(16)13(18-10(2)3)9-11-5-7-12(15)8-6-11/h3*5-8,10,13H,4,9,15H2,1-3H3. The summed E-state index contributed by atoms with van der Waals surface area (Å²) in [7, 11) is 0. The molecule has 12 nitrogen and oxygen atoms in total. The zero-order valence-corrected chi connectivity index (χ0v) is 33.5. The Hall–Kier alpha value is -4.65. The third-order valence-electron chi connectivity index (χ3n) is 7.16. The molecule has 0 aromatic heterocycles. The van der Waals surface area contributed by atoms with E-state index in [1.165, 1.54) is 0 Å². The molecule has 3 aromatic carbocycles. The smallest absolute Gasteiger partial charge is 0.335 e. The van der Waals surface area contributed by atoms with E-state index in [9.17, 15) is 14.4 Å². The van der Waals surface area contributed by atoms with Gasteiger partial charge in [0.1, 0.15) is 0 Å². The number of hydrogen-bond donors (Lipinski definition) is 3. The van der Waals surface area contributed by atoms with Crippen LogP contribution in [-0.4, -0.2) is 74.4 Å². The zero-order valence-electron chi connectivity index (χ0n) is 33.5. The van der Waals surface area contributed by atoms with E-state index in [1.54, 1.807) is 20.8 Å². The van der Waals surface area contributed by atoms with Crippen molar-refractivity contribution >= 4 is 35.0 Å². The summed E-state index contributed by atoms with van der Waals surface area (Å²) in [5, 5.41) is 0. The highest BCUT2D eigenvalue weighted by Crippen LogP contribution is 2.15. The Morgan fingerprint density at radius 3 is 0.796 bits per heavy atom. The zero-order chi connectivity index (χ0) is 40.6. The quantitative estimate of drug-likeness (QED) is 0.0729. The van der Waals surface area contributed by atoms with Crippen LogP contribution in [0.4, 0.5) is 17.1 Å². The van der Waals surface area contributed by atoms with E-state index < -0.39 is 18.3 Å². The fraction of sp³-hybridized carbons (Fsp3) is 0.500. The van der Waals surface area contributed by atoms with Crippen molar-refractivity contribution in [2.45, 2.75) is 118 Å². The minimum absolute atomic E-state index is 0.0202. The Morgan fingerprint density at radius 1 is 0.426 bits per heavy atom. The first-order chi connectivity index (χ1) is 25.6. The van der Waals surface area contributed by atoms with Gasteiger partial charge in [0.15, 0.2) is 18.3 Å². The number of carbonyl (C=O) groups is 3. The van der Waals surface area contributed by atoms with Crippen LogP contribution in [0.3, 0.4) is 0 Å².